The van der Waals surface area contributed by atoms with Crippen molar-refractivity contribution in [2.75, 3.05) is 13.4 Å². The van der Waals surface area contributed by atoms with E-state index in [2.05, 4.69) is 35.6 Å². The highest BCUT2D eigenvalue weighted by molar-refractivity contribution is 9.10. The minimum Gasteiger partial charge on any atom is -0.507 e. The standard InChI is InChI=1S/C13H19BrO4Si/c1-19(2,3)5-4-17-9-18-11-6-10(8-15)13(14)12(16)7-11/h6-8,16H,4-5,9H2,1-3H3. The van der Waals surface area contributed by atoms with E-state index in [1.54, 1.807) is 6.07 Å². The Hall–Kier alpha value is -0.853. The third-order valence-electron chi connectivity index (χ3n) is 2.49. The highest BCUT2D eigenvalue weighted by Crippen LogP contribution is 2.31. The van der Waals surface area contributed by atoms with Crippen LogP contribution < -0.4 is 4.74 Å². The van der Waals surface area contributed by atoms with Gasteiger partial charge in [0.25, 0.3) is 0 Å². The molecule has 0 aliphatic rings. The molecule has 0 radical (unpaired) electrons. The molecule has 6 heteroatoms. The van der Waals surface area contributed by atoms with Gasteiger partial charge < -0.3 is 14.6 Å². The Morgan fingerprint density at radius 1 is 1.37 bits per heavy atom. The molecule has 0 spiro atoms. The summed E-state index contributed by atoms with van der Waals surface area (Å²) >= 11 is 3.13. The predicted molar refractivity (Wildman–Crippen MR) is 80.8 cm³/mol. The lowest BCUT2D eigenvalue weighted by atomic mass is 10.2. The summed E-state index contributed by atoms with van der Waals surface area (Å²) in [5.41, 5.74) is 0.345. The predicted octanol–water partition coefficient (Wildman–Crippen LogP) is 3.66. The molecule has 1 aromatic carbocycles. The van der Waals surface area contributed by atoms with Crippen LogP contribution in [0, 0.1) is 0 Å². The van der Waals surface area contributed by atoms with Gasteiger partial charge in [-0.05, 0) is 28.0 Å². The second kappa shape index (κ2) is 7.07. The average Bonchev–Trinajstić information content (AvgIpc) is 2.31. The number of aromatic hydroxyl groups is 1. The molecule has 1 rings (SSSR count). The summed E-state index contributed by atoms with van der Waals surface area (Å²) in [6, 6.07) is 4.07. The Labute approximate surface area is 122 Å². The normalized spacial score (nSPS) is 11.4. The van der Waals surface area contributed by atoms with Crippen molar-refractivity contribution in [2.24, 2.45) is 0 Å². The Kier molecular flexibility index (Phi) is 6.03. The number of carbonyl (C=O) groups is 1. The Morgan fingerprint density at radius 3 is 2.63 bits per heavy atom. The van der Waals surface area contributed by atoms with Crippen molar-refractivity contribution in [1.82, 2.24) is 0 Å². The van der Waals surface area contributed by atoms with Crippen molar-refractivity contribution in [2.45, 2.75) is 25.7 Å². The molecule has 0 aliphatic carbocycles. The third-order valence-corrected chi connectivity index (χ3v) is 5.06. The van der Waals surface area contributed by atoms with Crippen molar-refractivity contribution < 1.29 is 19.4 Å². The van der Waals surface area contributed by atoms with E-state index in [1.807, 2.05) is 0 Å². The molecule has 0 atom stereocenters. The van der Waals surface area contributed by atoms with E-state index in [0.717, 1.165) is 6.04 Å². The fraction of sp³-hybridized carbons (Fsp3) is 0.462. The lowest BCUT2D eigenvalue weighted by Gasteiger charge is -2.15. The summed E-state index contributed by atoms with van der Waals surface area (Å²) in [4.78, 5) is 10.8. The van der Waals surface area contributed by atoms with Gasteiger partial charge >= 0.3 is 0 Å². The first-order valence-electron chi connectivity index (χ1n) is 6.02. The van der Waals surface area contributed by atoms with Gasteiger partial charge in [-0.25, -0.2) is 0 Å². The minimum absolute atomic E-state index is 0.0262. The fourth-order valence-corrected chi connectivity index (χ4v) is 2.40. The molecule has 0 aliphatic heterocycles. The number of halogens is 1. The monoisotopic (exact) mass is 346 g/mol. The number of phenols is 1. The smallest absolute Gasteiger partial charge is 0.189 e. The number of aldehydes is 1. The third kappa shape index (κ3) is 5.75. The van der Waals surface area contributed by atoms with Crippen molar-refractivity contribution in [3.63, 3.8) is 0 Å². The number of benzene rings is 1. The number of ether oxygens (including phenoxy) is 2. The van der Waals surface area contributed by atoms with E-state index in [9.17, 15) is 9.90 Å². The summed E-state index contributed by atoms with van der Waals surface area (Å²) in [5.74, 6) is 0.387. The topological polar surface area (TPSA) is 55.8 Å². The van der Waals surface area contributed by atoms with Crippen LogP contribution in [0.2, 0.25) is 25.7 Å². The number of rotatable bonds is 7. The zero-order valence-electron chi connectivity index (χ0n) is 11.4. The summed E-state index contributed by atoms with van der Waals surface area (Å²) in [6.07, 6.45) is 0.655. The van der Waals surface area contributed by atoms with Gasteiger partial charge in [-0.15, -0.1) is 0 Å². The van der Waals surface area contributed by atoms with Gasteiger partial charge in [-0.3, -0.25) is 4.79 Å². The van der Waals surface area contributed by atoms with Crippen molar-refractivity contribution in [3.05, 3.63) is 22.2 Å². The van der Waals surface area contributed by atoms with Crippen LogP contribution in [-0.4, -0.2) is 32.9 Å². The highest BCUT2D eigenvalue weighted by atomic mass is 79.9. The van der Waals surface area contributed by atoms with Crippen LogP contribution in [0.3, 0.4) is 0 Å². The number of phenolic OH excluding ortho intramolecular Hbond substituents is 1. The summed E-state index contributed by atoms with van der Waals surface area (Å²) in [6.45, 7) is 7.61. The second-order valence-corrected chi connectivity index (χ2v) is 11.9. The van der Waals surface area contributed by atoms with Crippen molar-refractivity contribution in [3.8, 4) is 11.5 Å². The molecule has 0 fully saturated rings. The molecule has 0 unspecified atom stereocenters. The van der Waals surface area contributed by atoms with Crippen LogP contribution in [0.1, 0.15) is 10.4 Å². The molecule has 0 saturated carbocycles. The number of hydrogen-bond acceptors (Lipinski definition) is 4. The van der Waals surface area contributed by atoms with Crippen LogP contribution in [0.4, 0.5) is 0 Å². The molecule has 106 valence electrons. The van der Waals surface area contributed by atoms with E-state index >= 15 is 0 Å². The zero-order chi connectivity index (χ0) is 14.5. The van der Waals surface area contributed by atoms with E-state index in [1.165, 1.54) is 6.07 Å². The van der Waals surface area contributed by atoms with Crippen LogP contribution >= 0.6 is 15.9 Å². The van der Waals surface area contributed by atoms with Crippen LogP contribution in [0.15, 0.2) is 16.6 Å². The first kappa shape index (κ1) is 16.2. The lowest BCUT2D eigenvalue weighted by Crippen LogP contribution is -2.22. The molecule has 1 aromatic rings. The molecular weight excluding hydrogens is 328 g/mol. The largest absolute Gasteiger partial charge is 0.507 e. The molecule has 1 N–H and O–H groups in total. The maximum absolute atomic E-state index is 10.8. The molecule has 0 heterocycles. The first-order chi connectivity index (χ1) is 8.83. The second-order valence-electron chi connectivity index (χ2n) is 5.44. The van der Waals surface area contributed by atoms with Crippen molar-refractivity contribution >= 4 is 30.3 Å². The van der Waals surface area contributed by atoms with Crippen molar-refractivity contribution in [1.29, 1.82) is 0 Å². The Balaban J connectivity index is 2.46. The van der Waals surface area contributed by atoms with Gasteiger partial charge in [0.05, 0.1) is 4.47 Å². The van der Waals surface area contributed by atoms with Gasteiger partial charge in [0.2, 0.25) is 0 Å². The molecule has 0 saturated heterocycles. The van der Waals surface area contributed by atoms with E-state index in [-0.39, 0.29) is 12.5 Å². The highest BCUT2D eigenvalue weighted by Gasteiger charge is 2.12. The molecule has 0 amide bonds. The van der Waals surface area contributed by atoms with Gasteiger partial charge in [0, 0.05) is 26.3 Å². The number of hydrogen-bond donors (Lipinski definition) is 1. The average molecular weight is 347 g/mol. The molecular formula is C13H19BrO4Si. The van der Waals surface area contributed by atoms with Gasteiger partial charge in [-0.1, -0.05) is 19.6 Å². The van der Waals surface area contributed by atoms with Gasteiger partial charge in [0.1, 0.15) is 11.5 Å². The van der Waals surface area contributed by atoms with E-state index < -0.39 is 8.07 Å². The van der Waals surface area contributed by atoms with Crippen LogP contribution in [-0.2, 0) is 4.74 Å². The van der Waals surface area contributed by atoms with Crippen LogP contribution in [0.25, 0.3) is 0 Å². The quantitative estimate of drug-likeness (QED) is 0.354. The molecule has 4 nitrogen and oxygen atoms in total. The SMILES string of the molecule is C[Si](C)(C)CCOCOc1cc(O)c(Br)c(C=O)c1. The van der Waals surface area contributed by atoms with Gasteiger partial charge in [-0.2, -0.15) is 0 Å². The Bertz CT molecular complexity index is 443. The Morgan fingerprint density at radius 2 is 2.05 bits per heavy atom. The maximum atomic E-state index is 10.8. The molecule has 0 bridgehead atoms. The molecule has 19 heavy (non-hydrogen) atoms. The molecule has 0 aromatic heterocycles. The maximum Gasteiger partial charge on any atom is 0.189 e. The summed E-state index contributed by atoms with van der Waals surface area (Å²) in [7, 11) is -1.09. The van der Waals surface area contributed by atoms with Crippen LogP contribution in [0.5, 0.6) is 11.5 Å². The summed E-state index contributed by atoms with van der Waals surface area (Å²) in [5, 5.41) is 9.60. The first-order valence-corrected chi connectivity index (χ1v) is 10.5. The lowest BCUT2D eigenvalue weighted by molar-refractivity contribution is 0.0219. The fourth-order valence-electron chi connectivity index (χ4n) is 1.32. The minimum atomic E-state index is -1.09. The number of carbonyl (C=O) groups excluding carboxylic acids is 1. The van der Waals surface area contributed by atoms with E-state index in [4.69, 9.17) is 9.47 Å². The van der Waals surface area contributed by atoms with Gasteiger partial charge in [0.15, 0.2) is 13.1 Å². The zero-order valence-corrected chi connectivity index (χ0v) is 14.0. The summed E-state index contributed by atoms with van der Waals surface area (Å²) < 4.78 is 11.1. The van der Waals surface area contributed by atoms with E-state index in [0.29, 0.717) is 28.7 Å².